The number of likely N-dealkylation sites (N-methyl/N-ethyl adjacent to an activating group) is 1. The monoisotopic (exact) mass is 282 g/mol. The van der Waals surface area contributed by atoms with Crippen LogP contribution in [0.1, 0.15) is 24.2 Å². The lowest BCUT2D eigenvalue weighted by molar-refractivity contribution is -0.136. The molecule has 0 saturated carbocycles. The molecule has 0 spiro atoms. The SMILES string of the molecule is CN1CCN(c2ncnc(Cl)c2C=O)C(C)(C)C1=O. The van der Waals surface area contributed by atoms with Gasteiger partial charge < -0.3 is 9.80 Å². The second-order valence-electron chi connectivity index (χ2n) is 4.96. The summed E-state index contributed by atoms with van der Waals surface area (Å²) in [6.07, 6.45) is 1.92. The molecule has 1 amide bonds. The molecule has 7 heteroatoms. The van der Waals surface area contributed by atoms with Crippen molar-refractivity contribution in [1.29, 1.82) is 0 Å². The highest BCUT2D eigenvalue weighted by atomic mass is 35.5. The van der Waals surface area contributed by atoms with Crippen LogP contribution in [0.25, 0.3) is 0 Å². The van der Waals surface area contributed by atoms with Gasteiger partial charge in [0.25, 0.3) is 0 Å². The lowest BCUT2D eigenvalue weighted by Crippen LogP contribution is -2.62. The number of piperazine rings is 1. The van der Waals surface area contributed by atoms with Crippen LogP contribution in [-0.2, 0) is 4.79 Å². The Morgan fingerprint density at radius 1 is 1.37 bits per heavy atom. The van der Waals surface area contributed by atoms with E-state index in [1.54, 1.807) is 30.7 Å². The lowest BCUT2D eigenvalue weighted by Gasteiger charge is -2.45. The summed E-state index contributed by atoms with van der Waals surface area (Å²) in [4.78, 5) is 34.8. The first-order valence-corrected chi connectivity index (χ1v) is 6.26. The van der Waals surface area contributed by atoms with E-state index in [1.165, 1.54) is 6.33 Å². The van der Waals surface area contributed by atoms with Crippen molar-refractivity contribution in [3.8, 4) is 0 Å². The van der Waals surface area contributed by atoms with Gasteiger partial charge in [-0.3, -0.25) is 9.59 Å². The van der Waals surface area contributed by atoms with Crippen LogP contribution < -0.4 is 4.90 Å². The first-order chi connectivity index (χ1) is 8.89. The minimum Gasteiger partial charge on any atom is -0.342 e. The Kier molecular flexibility index (Phi) is 3.45. The zero-order valence-electron chi connectivity index (χ0n) is 11.1. The number of aldehydes is 1. The van der Waals surface area contributed by atoms with Crippen LogP contribution in [0, 0.1) is 0 Å². The van der Waals surface area contributed by atoms with Crippen molar-refractivity contribution >= 4 is 29.6 Å². The highest BCUT2D eigenvalue weighted by molar-refractivity contribution is 6.32. The van der Waals surface area contributed by atoms with Crippen LogP contribution in [0.3, 0.4) is 0 Å². The first kappa shape index (κ1) is 13.7. The summed E-state index contributed by atoms with van der Waals surface area (Å²) >= 11 is 5.90. The third kappa shape index (κ3) is 2.16. The van der Waals surface area contributed by atoms with Gasteiger partial charge >= 0.3 is 0 Å². The smallest absolute Gasteiger partial charge is 0.247 e. The number of hydrogen-bond donors (Lipinski definition) is 0. The molecule has 1 saturated heterocycles. The Balaban J connectivity index is 2.50. The third-order valence-electron chi connectivity index (χ3n) is 3.39. The zero-order chi connectivity index (χ0) is 14.2. The highest BCUT2D eigenvalue weighted by Crippen LogP contribution is 2.30. The molecule has 0 N–H and O–H groups in total. The Labute approximate surface area is 116 Å². The maximum absolute atomic E-state index is 12.2. The lowest BCUT2D eigenvalue weighted by atomic mass is 9.97. The number of carbonyl (C=O) groups excluding carboxylic acids is 2. The summed E-state index contributed by atoms with van der Waals surface area (Å²) in [5, 5.41) is 0.0992. The van der Waals surface area contributed by atoms with Crippen molar-refractivity contribution in [2.45, 2.75) is 19.4 Å². The summed E-state index contributed by atoms with van der Waals surface area (Å²) in [6, 6.07) is 0. The molecule has 0 aliphatic carbocycles. The number of amides is 1. The molecule has 0 radical (unpaired) electrons. The summed E-state index contributed by atoms with van der Waals surface area (Å²) < 4.78 is 0. The van der Waals surface area contributed by atoms with Gasteiger partial charge in [0.1, 0.15) is 22.8 Å². The fraction of sp³-hybridized carbons (Fsp3) is 0.500. The van der Waals surface area contributed by atoms with Gasteiger partial charge in [-0.05, 0) is 13.8 Å². The van der Waals surface area contributed by atoms with Crippen molar-refractivity contribution in [3.63, 3.8) is 0 Å². The maximum atomic E-state index is 12.2. The van der Waals surface area contributed by atoms with Crippen LogP contribution in [0.4, 0.5) is 5.82 Å². The number of rotatable bonds is 2. The minimum atomic E-state index is -0.775. The second kappa shape index (κ2) is 4.77. The number of halogens is 1. The normalized spacial score (nSPS) is 18.6. The number of aromatic nitrogens is 2. The van der Waals surface area contributed by atoms with E-state index < -0.39 is 5.54 Å². The van der Waals surface area contributed by atoms with Crippen LogP contribution in [0.5, 0.6) is 0 Å². The van der Waals surface area contributed by atoms with E-state index in [2.05, 4.69) is 9.97 Å². The molecule has 1 aromatic rings. The van der Waals surface area contributed by atoms with Crippen LogP contribution in [0.15, 0.2) is 6.33 Å². The minimum absolute atomic E-state index is 0.0228. The molecule has 0 atom stereocenters. The molecule has 1 aromatic heterocycles. The summed E-state index contributed by atoms with van der Waals surface area (Å²) in [6.45, 7) is 4.76. The van der Waals surface area contributed by atoms with E-state index in [-0.39, 0.29) is 16.6 Å². The third-order valence-corrected chi connectivity index (χ3v) is 3.69. The quantitative estimate of drug-likeness (QED) is 0.598. The molecule has 0 aromatic carbocycles. The van der Waals surface area contributed by atoms with E-state index in [0.29, 0.717) is 25.2 Å². The number of hydrogen-bond acceptors (Lipinski definition) is 5. The van der Waals surface area contributed by atoms with Crippen molar-refractivity contribution in [2.75, 3.05) is 25.0 Å². The van der Waals surface area contributed by atoms with Gasteiger partial charge in [0.2, 0.25) is 5.91 Å². The van der Waals surface area contributed by atoms with Crippen LogP contribution in [0.2, 0.25) is 5.15 Å². The van der Waals surface area contributed by atoms with Gasteiger partial charge in [0.05, 0.1) is 5.56 Å². The Bertz CT molecular complexity index is 532. The molecule has 1 aliphatic rings. The molecule has 2 heterocycles. The van der Waals surface area contributed by atoms with E-state index in [1.807, 2.05) is 0 Å². The van der Waals surface area contributed by atoms with Crippen molar-refractivity contribution < 1.29 is 9.59 Å². The van der Waals surface area contributed by atoms with E-state index in [9.17, 15) is 9.59 Å². The molecular formula is C12H15ClN4O2. The van der Waals surface area contributed by atoms with E-state index in [0.717, 1.165) is 0 Å². The largest absolute Gasteiger partial charge is 0.342 e. The van der Waals surface area contributed by atoms with Crippen molar-refractivity contribution in [3.05, 3.63) is 17.0 Å². The van der Waals surface area contributed by atoms with Gasteiger partial charge in [-0.25, -0.2) is 9.97 Å². The average Bonchev–Trinajstić information content (AvgIpc) is 2.36. The second-order valence-corrected chi connectivity index (χ2v) is 5.31. The number of nitrogens with zero attached hydrogens (tertiary/aromatic N) is 4. The Morgan fingerprint density at radius 2 is 2.05 bits per heavy atom. The topological polar surface area (TPSA) is 66.4 Å². The average molecular weight is 283 g/mol. The van der Waals surface area contributed by atoms with Crippen molar-refractivity contribution in [1.82, 2.24) is 14.9 Å². The molecule has 0 unspecified atom stereocenters. The molecular weight excluding hydrogens is 268 g/mol. The molecule has 102 valence electrons. The summed E-state index contributed by atoms with van der Waals surface area (Å²) in [5.74, 6) is 0.381. The maximum Gasteiger partial charge on any atom is 0.247 e. The molecule has 1 aliphatic heterocycles. The van der Waals surface area contributed by atoms with Gasteiger partial charge in [-0.1, -0.05) is 11.6 Å². The molecule has 6 nitrogen and oxygen atoms in total. The van der Waals surface area contributed by atoms with Gasteiger partial charge in [0, 0.05) is 20.1 Å². The molecule has 19 heavy (non-hydrogen) atoms. The molecule has 1 fully saturated rings. The van der Waals surface area contributed by atoms with Crippen LogP contribution in [-0.4, -0.2) is 52.7 Å². The van der Waals surface area contributed by atoms with E-state index >= 15 is 0 Å². The first-order valence-electron chi connectivity index (χ1n) is 5.88. The predicted octanol–water partition coefficient (Wildman–Crippen LogP) is 0.999. The standard InChI is InChI=1S/C12H15ClN4O2/c1-12(2)11(19)16(3)4-5-17(12)10-8(6-18)9(13)14-7-15-10/h6-7H,4-5H2,1-3H3. The number of anilines is 1. The van der Waals surface area contributed by atoms with Gasteiger partial charge in [-0.15, -0.1) is 0 Å². The molecule has 2 rings (SSSR count). The van der Waals surface area contributed by atoms with E-state index in [4.69, 9.17) is 11.6 Å². The summed E-state index contributed by atoms with van der Waals surface area (Å²) in [7, 11) is 1.76. The fourth-order valence-corrected chi connectivity index (χ4v) is 2.44. The highest BCUT2D eigenvalue weighted by Gasteiger charge is 2.42. The fourth-order valence-electron chi connectivity index (χ4n) is 2.27. The Morgan fingerprint density at radius 3 is 2.68 bits per heavy atom. The van der Waals surface area contributed by atoms with Gasteiger partial charge in [-0.2, -0.15) is 0 Å². The van der Waals surface area contributed by atoms with Gasteiger partial charge in [0.15, 0.2) is 6.29 Å². The Hall–Kier alpha value is -1.69. The predicted molar refractivity (Wildman–Crippen MR) is 71.5 cm³/mol. The summed E-state index contributed by atoms with van der Waals surface area (Å²) in [5.41, 5.74) is -0.558. The molecule has 0 bridgehead atoms. The van der Waals surface area contributed by atoms with Crippen LogP contribution >= 0.6 is 11.6 Å². The zero-order valence-corrected chi connectivity index (χ0v) is 11.8. The van der Waals surface area contributed by atoms with Crippen molar-refractivity contribution in [2.24, 2.45) is 0 Å². The number of carbonyl (C=O) groups is 2.